The van der Waals surface area contributed by atoms with E-state index < -0.39 is 0 Å². The van der Waals surface area contributed by atoms with Gasteiger partial charge in [-0.2, -0.15) is 5.26 Å². The first kappa shape index (κ1) is 22.4. The van der Waals surface area contributed by atoms with Gasteiger partial charge in [0.15, 0.2) is 0 Å². The van der Waals surface area contributed by atoms with Gasteiger partial charge < -0.3 is 14.7 Å². The number of nitrogens with zero attached hydrogens (tertiary/aromatic N) is 4. The molecule has 0 spiro atoms. The minimum atomic E-state index is -0.210. The standard InChI is InChI=1S/C26H32N4O/c1-20(2)30(18-23-10-6-5-7-11-23)26(31)24(17-27)19-28-13-15-29(16-14-28)25-12-8-9-21(3)22(25)4/h5-12,19-20H,13-16,18H2,1-4H3/b24-19-. The molecule has 1 heterocycles. The molecule has 1 amide bonds. The lowest BCUT2D eigenvalue weighted by Gasteiger charge is -2.37. The van der Waals surface area contributed by atoms with Crippen molar-refractivity contribution in [2.45, 2.75) is 40.3 Å². The Labute approximate surface area is 186 Å². The van der Waals surface area contributed by atoms with Gasteiger partial charge in [0, 0.05) is 50.7 Å². The van der Waals surface area contributed by atoms with Crippen molar-refractivity contribution in [3.63, 3.8) is 0 Å². The number of benzene rings is 2. The molecule has 0 unspecified atom stereocenters. The Bertz CT molecular complexity index is 967. The molecule has 5 nitrogen and oxygen atoms in total. The molecule has 2 aromatic rings. The maximum atomic E-state index is 13.2. The molecule has 1 aliphatic heterocycles. The maximum absolute atomic E-state index is 13.2. The molecule has 1 fully saturated rings. The summed E-state index contributed by atoms with van der Waals surface area (Å²) in [5.41, 5.74) is 5.14. The Balaban J connectivity index is 1.69. The lowest BCUT2D eigenvalue weighted by atomic mass is 10.1. The first-order valence-electron chi connectivity index (χ1n) is 10.9. The Morgan fingerprint density at radius 1 is 1.06 bits per heavy atom. The molecule has 1 saturated heterocycles. The van der Waals surface area contributed by atoms with Crippen LogP contribution in [-0.4, -0.2) is 47.9 Å². The summed E-state index contributed by atoms with van der Waals surface area (Å²) >= 11 is 0. The van der Waals surface area contributed by atoms with E-state index in [4.69, 9.17) is 0 Å². The van der Waals surface area contributed by atoms with Crippen molar-refractivity contribution in [1.29, 1.82) is 5.26 Å². The van der Waals surface area contributed by atoms with Gasteiger partial charge in [0.1, 0.15) is 11.6 Å². The number of nitriles is 1. The average molecular weight is 417 g/mol. The van der Waals surface area contributed by atoms with Gasteiger partial charge in [-0.15, -0.1) is 0 Å². The summed E-state index contributed by atoms with van der Waals surface area (Å²) in [4.78, 5) is 19.4. The van der Waals surface area contributed by atoms with Gasteiger partial charge in [-0.1, -0.05) is 42.5 Å². The van der Waals surface area contributed by atoms with Crippen LogP contribution in [0.5, 0.6) is 0 Å². The monoisotopic (exact) mass is 416 g/mol. The minimum Gasteiger partial charge on any atom is -0.373 e. The lowest BCUT2D eigenvalue weighted by molar-refractivity contribution is -0.129. The van der Waals surface area contributed by atoms with E-state index in [1.807, 2.05) is 44.2 Å². The number of hydrogen-bond acceptors (Lipinski definition) is 4. The van der Waals surface area contributed by atoms with Crippen LogP contribution in [0.25, 0.3) is 0 Å². The molecule has 31 heavy (non-hydrogen) atoms. The Kier molecular flexibility index (Phi) is 7.36. The van der Waals surface area contributed by atoms with E-state index in [1.165, 1.54) is 16.8 Å². The van der Waals surface area contributed by atoms with E-state index in [0.29, 0.717) is 6.54 Å². The minimum absolute atomic E-state index is 0.00518. The van der Waals surface area contributed by atoms with E-state index in [9.17, 15) is 10.1 Å². The normalized spacial score (nSPS) is 14.5. The summed E-state index contributed by atoms with van der Waals surface area (Å²) in [6.45, 7) is 12.1. The van der Waals surface area contributed by atoms with Crippen LogP contribution in [0.15, 0.2) is 60.3 Å². The Hall–Kier alpha value is -3.26. The molecule has 0 bridgehead atoms. The predicted molar refractivity (Wildman–Crippen MR) is 126 cm³/mol. The van der Waals surface area contributed by atoms with Crippen molar-refractivity contribution in [2.75, 3.05) is 31.1 Å². The molecular weight excluding hydrogens is 384 g/mol. The molecule has 2 aromatic carbocycles. The molecule has 5 heteroatoms. The Morgan fingerprint density at radius 2 is 1.74 bits per heavy atom. The zero-order valence-corrected chi connectivity index (χ0v) is 19.0. The second kappa shape index (κ2) is 10.2. The van der Waals surface area contributed by atoms with Crippen LogP contribution in [0.1, 0.15) is 30.5 Å². The number of piperazine rings is 1. The second-order valence-electron chi connectivity index (χ2n) is 8.41. The van der Waals surface area contributed by atoms with Crippen LogP contribution in [0.3, 0.4) is 0 Å². The highest BCUT2D eigenvalue weighted by molar-refractivity contribution is 5.97. The molecule has 0 N–H and O–H groups in total. The van der Waals surface area contributed by atoms with Crippen LogP contribution in [-0.2, 0) is 11.3 Å². The third-order valence-electron chi connectivity index (χ3n) is 5.97. The third-order valence-corrected chi connectivity index (χ3v) is 5.97. The molecule has 162 valence electrons. The molecule has 0 aliphatic carbocycles. The summed E-state index contributed by atoms with van der Waals surface area (Å²) in [6, 6.07) is 18.5. The van der Waals surface area contributed by atoms with Gasteiger partial charge in [-0.25, -0.2) is 0 Å². The van der Waals surface area contributed by atoms with Crippen molar-refractivity contribution < 1.29 is 4.79 Å². The van der Waals surface area contributed by atoms with E-state index in [1.54, 1.807) is 11.1 Å². The van der Waals surface area contributed by atoms with E-state index in [2.05, 4.69) is 47.9 Å². The molecule has 0 saturated carbocycles. The highest BCUT2D eigenvalue weighted by Crippen LogP contribution is 2.24. The molecule has 0 aromatic heterocycles. The number of aryl methyl sites for hydroxylation is 1. The van der Waals surface area contributed by atoms with Crippen molar-refractivity contribution in [3.05, 3.63) is 77.0 Å². The molecule has 0 radical (unpaired) electrons. The Morgan fingerprint density at radius 3 is 2.35 bits per heavy atom. The number of carbonyl (C=O) groups is 1. The summed E-state index contributed by atoms with van der Waals surface area (Å²) in [6.07, 6.45) is 1.75. The topological polar surface area (TPSA) is 50.6 Å². The number of hydrogen-bond donors (Lipinski definition) is 0. The van der Waals surface area contributed by atoms with Gasteiger partial charge in [-0.3, -0.25) is 4.79 Å². The first-order chi connectivity index (χ1) is 14.9. The highest BCUT2D eigenvalue weighted by atomic mass is 16.2. The fourth-order valence-corrected chi connectivity index (χ4v) is 3.91. The summed E-state index contributed by atoms with van der Waals surface area (Å²) < 4.78 is 0. The quantitative estimate of drug-likeness (QED) is 0.521. The van der Waals surface area contributed by atoms with Gasteiger partial charge >= 0.3 is 0 Å². The van der Waals surface area contributed by atoms with Crippen LogP contribution in [0, 0.1) is 25.2 Å². The van der Waals surface area contributed by atoms with Gasteiger partial charge in [0.25, 0.3) is 5.91 Å². The van der Waals surface area contributed by atoms with Crippen molar-refractivity contribution in [1.82, 2.24) is 9.80 Å². The summed E-state index contributed by atoms with van der Waals surface area (Å²) in [7, 11) is 0. The molecule has 3 rings (SSSR count). The van der Waals surface area contributed by atoms with Crippen molar-refractivity contribution in [2.24, 2.45) is 0 Å². The zero-order chi connectivity index (χ0) is 22.4. The van der Waals surface area contributed by atoms with Crippen LogP contribution >= 0.6 is 0 Å². The second-order valence-corrected chi connectivity index (χ2v) is 8.41. The lowest BCUT2D eigenvalue weighted by Crippen LogP contribution is -2.45. The van der Waals surface area contributed by atoms with Crippen LogP contribution in [0.2, 0.25) is 0 Å². The molecule has 1 aliphatic rings. The number of rotatable bonds is 6. The maximum Gasteiger partial charge on any atom is 0.266 e. The predicted octanol–water partition coefficient (Wildman–Crippen LogP) is 4.27. The average Bonchev–Trinajstić information content (AvgIpc) is 2.78. The van der Waals surface area contributed by atoms with E-state index in [0.717, 1.165) is 31.7 Å². The summed E-state index contributed by atoms with van der Waals surface area (Å²) in [5.74, 6) is -0.210. The van der Waals surface area contributed by atoms with Crippen LogP contribution < -0.4 is 4.90 Å². The summed E-state index contributed by atoms with van der Waals surface area (Å²) in [5, 5.41) is 9.72. The smallest absolute Gasteiger partial charge is 0.266 e. The van der Waals surface area contributed by atoms with Crippen molar-refractivity contribution >= 4 is 11.6 Å². The molecular formula is C26H32N4O. The van der Waals surface area contributed by atoms with Crippen LogP contribution in [0.4, 0.5) is 5.69 Å². The van der Waals surface area contributed by atoms with Crippen molar-refractivity contribution in [3.8, 4) is 6.07 Å². The fourth-order valence-electron chi connectivity index (χ4n) is 3.91. The van der Waals surface area contributed by atoms with E-state index >= 15 is 0 Å². The molecule has 0 atom stereocenters. The van der Waals surface area contributed by atoms with Gasteiger partial charge in [0.2, 0.25) is 0 Å². The fraction of sp³-hybridized carbons (Fsp3) is 0.385. The number of carbonyl (C=O) groups excluding carboxylic acids is 1. The zero-order valence-electron chi connectivity index (χ0n) is 19.0. The largest absolute Gasteiger partial charge is 0.373 e. The SMILES string of the molecule is Cc1cccc(N2CCN(/C=C(/C#N)C(=O)N(Cc3ccccc3)C(C)C)CC2)c1C. The van der Waals surface area contributed by atoms with Gasteiger partial charge in [0.05, 0.1) is 0 Å². The third kappa shape index (κ3) is 5.46. The first-order valence-corrected chi connectivity index (χ1v) is 10.9. The number of amides is 1. The van der Waals surface area contributed by atoms with E-state index in [-0.39, 0.29) is 17.5 Å². The van der Waals surface area contributed by atoms with Gasteiger partial charge in [-0.05, 0) is 50.5 Å². The number of anilines is 1. The highest BCUT2D eigenvalue weighted by Gasteiger charge is 2.23.